The first kappa shape index (κ1) is 13.1. The van der Waals surface area contributed by atoms with Crippen molar-refractivity contribution < 1.29 is 9.53 Å². The Morgan fingerprint density at radius 3 is 2.61 bits per heavy atom. The third-order valence-electron chi connectivity index (χ3n) is 2.97. The predicted octanol–water partition coefficient (Wildman–Crippen LogP) is 1.80. The van der Waals surface area contributed by atoms with E-state index < -0.39 is 0 Å². The molecule has 0 atom stereocenters. The van der Waals surface area contributed by atoms with Crippen LogP contribution in [0.15, 0.2) is 5.16 Å². The van der Waals surface area contributed by atoms with E-state index >= 15 is 0 Å². The second kappa shape index (κ2) is 4.76. The van der Waals surface area contributed by atoms with Gasteiger partial charge in [-0.25, -0.2) is 4.98 Å². The van der Waals surface area contributed by atoms with Crippen LogP contribution < -0.4 is 10.1 Å². The van der Waals surface area contributed by atoms with Crippen molar-refractivity contribution in [3.05, 3.63) is 11.3 Å². The van der Waals surface area contributed by atoms with Crippen molar-refractivity contribution in [2.45, 2.75) is 37.4 Å². The normalized spacial score (nSPS) is 16.2. The van der Waals surface area contributed by atoms with Crippen LogP contribution in [0.1, 0.15) is 35.8 Å². The Bertz CT molecular complexity index is 486. The number of thioether (sulfide) groups is 1. The molecule has 0 aliphatic heterocycles. The van der Waals surface area contributed by atoms with Gasteiger partial charge in [0, 0.05) is 7.05 Å². The standard InChI is InChI=1S/C12H17N3O2S/c1-7-8(9(16)13-3)10(15-11(14-7)18-4)17-12(2)5-6-12/h5-6H2,1-4H3,(H,13,16). The van der Waals surface area contributed by atoms with E-state index in [0.29, 0.717) is 22.3 Å². The zero-order valence-corrected chi connectivity index (χ0v) is 11.8. The summed E-state index contributed by atoms with van der Waals surface area (Å²) in [5.74, 6) is 0.186. The summed E-state index contributed by atoms with van der Waals surface area (Å²) in [4.78, 5) is 20.5. The van der Waals surface area contributed by atoms with Gasteiger partial charge < -0.3 is 10.1 Å². The largest absolute Gasteiger partial charge is 0.471 e. The van der Waals surface area contributed by atoms with Crippen molar-refractivity contribution in [1.29, 1.82) is 0 Å². The van der Waals surface area contributed by atoms with Gasteiger partial charge in [-0.1, -0.05) is 11.8 Å². The van der Waals surface area contributed by atoms with Gasteiger partial charge in [-0.15, -0.1) is 0 Å². The molecule has 0 spiro atoms. The van der Waals surface area contributed by atoms with E-state index in [-0.39, 0.29) is 11.5 Å². The molecular formula is C12H17N3O2S. The molecule has 0 radical (unpaired) electrons. The van der Waals surface area contributed by atoms with Crippen molar-refractivity contribution in [2.24, 2.45) is 0 Å². The molecule has 1 aromatic heterocycles. The summed E-state index contributed by atoms with van der Waals surface area (Å²) in [5, 5.41) is 3.22. The average Bonchev–Trinajstić information content (AvgIpc) is 3.05. The number of aromatic nitrogens is 2. The van der Waals surface area contributed by atoms with E-state index in [0.717, 1.165) is 12.8 Å². The SMILES string of the molecule is CNC(=O)c1c(C)nc(SC)nc1OC1(C)CC1. The summed E-state index contributed by atoms with van der Waals surface area (Å²) >= 11 is 1.44. The summed E-state index contributed by atoms with van der Waals surface area (Å²) in [6.45, 7) is 3.82. The highest BCUT2D eigenvalue weighted by Crippen LogP contribution is 2.40. The quantitative estimate of drug-likeness (QED) is 0.665. The molecule has 5 nitrogen and oxygen atoms in total. The topological polar surface area (TPSA) is 64.1 Å². The lowest BCUT2D eigenvalue weighted by Gasteiger charge is -2.16. The summed E-state index contributed by atoms with van der Waals surface area (Å²) < 4.78 is 5.86. The molecular weight excluding hydrogens is 250 g/mol. The van der Waals surface area contributed by atoms with Crippen LogP contribution in [0.5, 0.6) is 5.88 Å². The lowest BCUT2D eigenvalue weighted by atomic mass is 10.2. The van der Waals surface area contributed by atoms with E-state index in [1.54, 1.807) is 14.0 Å². The lowest BCUT2D eigenvalue weighted by molar-refractivity contribution is 0.0951. The van der Waals surface area contributed by atoms with Crippen molar-refractivity contribution in [1.82, 2.24) is 15.3 Å². The van der Waals surface area contributed by atoms with Crippen LogP contribution in [-0.4, -0.2) is 34.8 Å². The zero-order chi connectivity index (χ0) is 13.3. The number of nitrogens with one attached hydrogen (secondary N) is 1. The monoisotopic (exact) mass is 267 g/mol. The van der Waals surface area contributed by atoms with E-state index in [2.05, 4.69) is 15.3 Å². The van der Waals surface area contributed by atoms with Crippen molar-refractivity contribution in [3.63, 3.8) is 0 Å². The van der Waals surface area contributed by atoms with E-state index in [4.69, 9.17) is 4.74 Å². The summed E-state index contributed by atoms with van der Waals surface area (Å²) in [5.41, 5.74) is 0.913. The molecule has 0 saturated heterocycles. The van der Waals surface area contributed by atoms with Gasteiger partial charge in [-0.2, -0.15) is 4.98 Å². The van der Waals surface area contributed by atoms with Crippen LogP contribution in [0, 0.1) is 6.92 Å². The van der Waals surface area contributed by atoms with Gasteiger partial charge in [0.25, 0.3) is 5.91 Å². The summed E-state index contributed by atoms with van der Waals surface area (Å²) in [6, 6.07) is 0. The summed E-state index contributed by atoms with van der Waals surface area (Å²) in [6.07, 6.45) is 3.90. The van der Waals surface area contributed by atoms with E-state index in [1.807, 2.05) is 13.2 Å². The number of nitrogens with zero attached hydrogens (tertiary/aromatic N) is 2. The van der Waals surface area contributed by atoms with Crippen LogP contribution in [-0.2, 0) is 0 Å². The van der Waals surface area contributed by atoms with Gasteiger partial charge in [0.2, 0.25) is 5.88 Å². The third-order valence-corrected chi connectivity index (χ3v) is 3.52. The third kappa shape index (κ3) is 2.58. The van der Waals surface area contributed by atoms with Crippen LogP contribution in [0.25, 0.3) is 0 Å². The molecule has 0 unspecified atom stereocenters. The number of carbonyl (C=O) groups excluding carboxylic acids is 1. The maximum Gasteiger partial charge on any atom is 0.258 e. The molecule has 1 fully saturated rings. The minimum absolute atomic E-state index is 0.167. The molecule has 1 aromatic rings. The van der Waals surface area contributed by atoms with Crippen molar-refractivity contribution in [2.75, 3.05) is 13.3 Å². The molecule has 2 rings (SSSR count). The van der Waals surface area contributed by atoms with Crippen LogP contribution >= 0.6 is 11.8 Å². The van der Waals surface area contributed by atoms with Gasteiger partial charge in [0.15, 0.2) is 5.16 Å². The molecule has 0 aromatic carbocycles. The maximum absolute atomic E-state index is 11.9. The molecule has 98 valence electrons. The number of hydrogen-bond donors (Lipinski definition) is 1. The Morgan fingerprint density at radius 1 is 1.44 bits per heavy atom. The zero-order valence-electron chi connectivity index (χ0n) is 11.0. The average molecular weight is 267 g/mol. The Labute approximate surface area is 111 Å². The van der Waals surface area contributed by atoms with Crippen LogP contribution in [0.2, 0.25) is 0 Å². The minimum atomic E-state index is -0.209. The number of amides is 1. The smallest absolute Gasteiger partial charge is 0.258 e. The lowest BCUT2D eigenvalue weighted by Crippen LogP contribution is -2.24. The Balaban J connectivity index is 2.44. The first-order valence-electron chi connectivity index (χ1n) is 5.83. The molecule has 0 bridgehead atoms. The van der Waals surface area contributed by atoms with Crippen molar-refractivity contribution in [3.8, 4) is 5.88 Å². The number of aryl methyl sites for hydroxylation is 1. The Kier molecular flexibility index (Phi) is 3.47. The Morgan fingerprint density at radius 2 is 2.11 bits per heavy atom. The molecule has 1 heterocycles. The second-order valence-electron chi connectivity index (χ2n) is 4.61. The van der Waals surface area contributed by atoms with Crippen LogP contribution in [0.4, 0.5) is 0 Å². The molecule has 1 aliphatic rings. The van der Waals surface area contributed by atoms with Gasteiger partial charge in [-0.3, -0.25) is 4.79 Å². The first-order valence-corrected chi connectivity index (χ1v) is 7.05. The highest BCUT2D eigenvalue weighted by atomic mass is 32.2. The summed E-state index contributed by atoms with van der Waals surface area (Å²) in [7, 11) is 1.59. The molecule has 6 heteroatoms. The van der Waals surface area contributed by atoms with E-state index in [1.165, 1.54) is 11.8 Å². The number of carbonyl (C=O) groups is 1. The highest BCUT2D eigenvalue weighted by molar-refractivity contribution is 7.98. The van der Waals surface area contributed by atoms with Gasteiger partial charge in [-0.05, 0) is 32.9 Å². The van der Waals surface area contributed by atoms with E-state index in [9.17, 15) is 4.79 Å². The fraction of sp³-hybridized carbons (Fsp3) is 0.583. The minimum Gasteiger partial charge on any atom is -0.471 e. The molecule has 1 saturated carbocycles. The van der Waals surface area contributed by atoms with Gasteiger partial charge in [0.1, 0.15) is 11.2 Å². The fourth-order valence-electron chi connectivity index (χ4n) is 1.58. The number of rotatable bonds is 4. The highest BCUT2D eigenvalue weighted by Gasteiger charge is 2.41. The maximum atomic E-state index is 11.9. The molecule has 18 heavy (non-hydrogen) atoms. The Hall–Kier alpha value is -1.30. The molecule has 1 N–H and O–H groups in total. The van der Waals surface area contributed by atoms with Gasteiger partial charge >= 0.3 is 0 Å². The number of hydrogen-bond acceptors (Lipinski definition) is 5. The fourth-order valence-corrected chi connectivity index (χ4v) is 1.99. The molecule has 1 aliphatic carbocycles. The second-order valence-corrected chi connectivity index (χ2v) is 5.38. The van der Waals surface area contributed by atoms with Crippen LogP contribution in [0.3, 0.4) is 0 Å². The van der Waals surface area contributed by atoms with Crippen molar-refractivity contribution >= 4 is 17.7 Å². The molecule has 1 amide bonds. The predicted molar refractivity (Wildman–Crippen MR) is 70.2 cm³/mol. The van der Waals surface area contributed by atoms with Gasteiger partial charge in [0.05, 0.1) is 5.69 Å². The number of ether oxygens (including phenoxy) is 1. The first-order chi connectivity index (χ1) is 8.49.